The van der Waals surface area contributed by atoms with Crippen LogP contribution in [-0.2, 0) is 5.88 Å². The highest BCUT2D eigenvalue weighted by Crippen LogP contribution is 2.38. The molecule has 2 atom stereocenters. The Morgan fingerprint density at radius 1 is 1.47 bits per heavy atom. The zero-order valence-electron chi connectivity index (χ0n) is 10.9. The number of benzene rings is 1. The molecule has 1 aromatic heterocycles. The Labute approximate surface area is 117 Å². The summed E-state index contributed by atoms with van der Waals surface area (Å²) >= 11 is 6.06. The molecule has 4 heteroatoms. The monoisotopic (exact) mass is 273 g/mol. The first-order valence-corrected chi connectivity index (χ1v) is 7.25. The Morgan fingerprint density at radius 2 is 2.32 bits per heavy atom. The molecular formula is C15H16ClN3. The van der Waals surface area contributed by atoms with Gasteiger partial charge in [0.05, 0.1) is 28.5 Å². The first-order valence-electron chi connectivity index (χ1n) is 6.71. The van der Waals surface area contributed by atoms with Crippen molar-refractivity contribution < 1.29 is 0 Å². The van der Waals surface area contributed by atoms with Gasteiger partial charge in [-0.2, -0.15) is 5.26 Å². The number of aromatic nitrogens is 2. The standard InChI is InChI=1S/C15H16ClN3/c1-10-3-2-4-13(10)19-14-7-11(9-17)5-6-12(14)18-15(19)8-16/h5-7,10,13H,2-4,8H2,1H3. The molecular weight excluding hydrogens is 258 g/mol. The van der Waals surface area contributed by atoms with Crippen LogP contribution in [0.2, 0.25) is 0 Å². The van der Waals surface area contributed by atoms with Crippen LogP contribution in [0.15, 0.2) is 18.2 Å². The van der Waals surface area contributed by atoms with Crippen molar-refractivity contribution in [3.8, 4) is 6.07 Å². The molecule has 2 aromatic rings. The summed E-state index contributed by atoms with van der Waals surface area (Å²) in [6.45, 7) is 2.29. The molecule has 0 spiro atoms. The number of nitrogens with zero attached hydrogens (tertiary/aromatic N) is 3. The molecule has 1 saturated carbocycles. The van der Waals surface area contributed by atoms with Gasteiger partial charge in [0.2, 0.25) is 0 Å². The van der Waals surface area contributed by atoms with E-state index in [2.05, 4.69) is 22.5 Å². The summed E-state index contributed by atoms with van der Waals surface area (Å²) in [6.07, 6.45) is 3.68. The Hall–Kier alpha value is -1.53. The second kappa shape index (κ2) is 4.86. The van der Waals surface area contributed by atoms with Gasteiger partial charge in [0, 0.05) is 6.04 Å². The Morgan fingerprint density at radius 3 is 2.95 bits per heavy atom. The van der Waals surface area contributed by atoms with Gasteiger partial charge in [0.25, 0.3) is 0 Å². The third kappa shape index (κ3) is 2.01. The van der Waals surface area contributed by atoms with Gasteiger partial charge in [-0.05, 0) is 37.0 Å². The van der Waals surface area contributed by atoms with Gasteiger partial charge >= 0.3 is 0 Å². The number of nitriles is 1. The van der Waals surface area contributed by atoms with Crippen molar-refractivity contribution in [3.05, 3.63) is 29.6 Å². The molecule has 98 valence electrons. The van der Waals surface area contributed by atoms with Crippen molar-refractivity contribution >= 4 is 22.6 Å². The lowest BCUT2D eigenvalue weighted by Crippen LogP contribution is -2.14. The minimum Gasteiger partial charge on any atom is -0.324 e. The van der Waals surface area contributed by atoms with Crippen molar-refractivity contribution in [3.63, 3.8) is 0 Å². The van der Waals surface area contributed by atoms with E-state index in [0.717, 1.165) is 16.9 Å². The number of hydrogen-bond donors (Lipinski definition) is 0. The molecule has 0 aliphatic heterocycles. The van der Waals surface area contributed by atoms with Crippen LogP contribution >= 0.6 is 11.6 Å². The van der Waals surface area contributed by atoms with Crippen molar-refractivity contribution in [1.29, 1.82) is 5.26 Å². The van der Waals surface area contributed by atoms with Crippen LogP contribution in [0, 0.1) is 17.2 Å². The fraction of sp³-hybridized carbons (Fsp3) is 0.467. The summed E-state index contributed by atoms with van der Waals surface area (Å²) in [5.74, 6) is 1.98. The fourth-order valence-corrected chi connectivity index (χ4v) is 3.37. The molecule has 1 aliphatic rings. The van der Waals surface area contributed by atoms with Crippen molar-refractivity contribution in [2.75, 3.05) is 0 Å². The summed E-state index contributed by atoms with van der Waals surface area (Å²) in [7, 11) is 0. The van der Waals surface area contributed by atoms with E-state index < -0.39 is 0 Å². The number of rotatable bonds is 2. The maximum absolute atomic E-state index is 9.06. The number of hydrogen-bond acceptors (Lipinski definition) is 2. The predicted octanol–water partition coefficient (Wildman–Crippen LogP) is 4.01. The van der Waals surface area contributed by atoms with Crippen LogP contribution < -0.4 is 0 Å². The molecule has 0 radical (unpaired) electrons. The normalized spacial score (nSPS) is 22.8. The van der Waals surface area contributed by atoms with Crippen molar-refractivity contribution in [1.82, 2.24) is 9.55 Å². The van der Waals surface area contributed by atoms with Gasteiger partial charge < -0.3 is 4.57 Å². The van der Waals surface area contributed by atoms with E-state index in [1.54, 1.807) is 0 Å². The minimum atomic E-state index is 0.416. The molecule has 1 aliphatic carbocycles. The van der Waals surface area contributed by atoms with E-state index in [9.17, 15) is 0 Å². The van der Waals surface area contributed by atoms with Crippen molar-refractivity contribution in [2.24, 2.45) is 5.92 Å². The second-order valence-electron chi connectivity index (χ2n) is 5.32. The summed E-state index contributed by atoms with van der Waals surface area (Å²) in [5.41, 5.74) is 2.67. The van der Waals surface area contributed by atoms with E-state index in [1.165, 1.54) is 19.3 Å². The van der Waals surface area contributed by atoms with E-state index in [0.29, 0.717) is 23.4 Å². The second-order valence-corrected chi connectivity index (χ2v) is 5.59. The highest BCUT2D eigenvalue weighted by atomic mass is 35.5. The van der Waals surface area contributed by atoms with Crippen molar-refractivity contribution in [2.45, 2.75) is 38.1 Å². The molecule has 0 bridgehead atoms. The van der Waals surface area contributed by atoms with Gasteiger partial charge in [-0.3, -0.25) is 0 Å². The summed E-state index contributed by atoms with van der Waals surface area (Å²) in [6, 6.07) is 8.33. The first kappa shape index (κ1) is 12.5. The molecule has 0 N–H and O–H groups in total. The molecule has 19 heavy (non-hydrogen) atoms. The van der Waals surface area contributed by atoms with E-state index in [4.69, 9.17) is 16.9 Å². The van der Waals surface area contributed by atoms with Gasteiger partial charge in [-0.15, -0.1) is 11.6 Å². The summed E-state index contributed by atoms with van der Waals surface area (Å²) in [4.78, 5) is 4.61. The first-order chi connectivity index (χ1) is 9.24. The third-order valence-corrected chi connectivity index (χ3v) is 4.40. The summed E-state index contributed by atoms with van der Waals surface area (Å²) in [5, 5.41) is 9.06. The van der Waals surface area contributed by atoms with Gasteiger partial charge in [0.1, 0.15) is 5.82 Å². The number of fused-ring (bicyclic) bond motifs is 1. The smallest absolute Gasteiger partial charge is 0.125 e. The molecule has 1 heterocycles. The maximum Gasteiger partial charge on any atom is 0.125 e. The lowest BCUT2D eigenvalue weighted by molar-refractivity contribution is 0.408. The Balaban J connectivity index is 2.22. The molecule has 0 amide bonds. The topological polar surface area (TPSA) is 41.6 Å². The van der Waals surface area contributed by atoms with Crippen LogP contribution in [0.25, 0.3) is 11.0 Å². The predicted molar refractivity (Wildman–Crippen MR) is 76.1 cm³/mol. The number of alkyl halides is 1. The van der Waals surface area contributed by atoms with Crippen LogP contribution in [0.1, 0.15) is 43.6 Å². The maximum atomic E-state index is 9.06. The molecule has 2 unspecified atom stereocenters. The van der Waals surface area contributed by atoms with Gasteiger partial charge in [-0.25, -0.2) is 4.98 Å². The fourth-order valence-electron chi connectivity index (χ4n) is 3.19. The number of halogens is 1. The molecule has 1 aromatic carbocycles. The van der Waals surface area contributed by atoms with Crippen LogP contribution in [0.3, 0.4) is 0 Å². The molecule has 3 rings (SSSR count). The Kier molecular flexibility index (Phi) is 3.20. The quantitative estimate of drug-likeness (QED) is 0.776. The van der Waals surface area contributed by atoms with Gasteiger partial charge in [0.15, 0.2) is 0 Å². The lowest BCUT2D eigenvalue weighted by Gasteiger charge is -2.20. The molecule has 0 saturated heterocycles. The SMILES string of the molecule is CC1CCCC1n1c(CCl)nc2ccc(C#N)cc21. The summed E-state index contributed by atoms with van der Waals surface area (Å²) < 4.78 is 2.26. The van der Waals surface area contributed by atoms with Crippen LogP contribution in [-0.4, -0.2) is 9.55 Å². The Bertz CT molecular complexity index is 653. The van der Waals surface area contributed by atoms with E-state index in [1.807, 2.05) is 18.2 Å². The van der Waals surface area contributed by atoms with E-state index >= 15 is 0 Å². The van der Waals surface area contributed by atoms with Crippen LogP contribution in [0.4, 0.5) is 0 Å². The molecule has 3 nitrogen and oxygen atoms in total. The largest absolute Gasteiger partial charge is 0.324 e. The third-order valence-electron chi connectivity index (χ3n) is 4.16. The minimum absolute atomic E-state index is 0.416. The highest BCUT2D eigenvalue weighted by molar-refractivity contribution is 6.16. The average Bonchev–Trinajstić information content (AvgIpc) is 3.00. The van der Waals surface area contributed by atoms with Gasteiger partial charge in [-0.1, -0.05) is 13.3 Å². The molecule has 1 fully saturated rings. The lowest BCUT2D eigenvalue weighted by atomic mass is 10.1. The number of imidazole rings is 1. The average molecular weight is 274 g/mol. The zero-order valence-corrected chi connectivity index (χ0v) is 11.7. The van der Waals surface area contributed by atoms with Crippen LogP contribution in [0.5, 0.6) is 0 Å². The van der Waals surface area contributed by atoms with E-state index in [-0.39, 0.29) is 0 Å². The highest BCUT2D eigenvalue weighted by Gasteiger charge is 2.28. The zero-order chi connectivity index (χ0) is 13.4.